The molecule has 1 N–H and O–H groups in total. The number of esters is 1. The third kappa shape index (κ3) is 7.19. The number of ether oxygens (including phenoxy) is 1. The first-order chi connectivity index (χ1) is 11.1. The second kappa shape index (κ2) is 11.3. The Morgan fingerprint density at radius 3 is 1.91 bits per heavy atom. The van der Waals surface area contributed by atoms with Crippen LogP contribution >= 0.6 is 0 Å². The van der Waals surface area contributed by atoms with Crippen LogP contribution in [0.1, 0.15) is 90.9 Å². The molecule has 0 amide bonds. The molecule has 4 nitrogen and oxygen atoms in total. The van der Waals surface area contributed by atoms with Gasteiger partial charge in [0.2, 0.25) is 0 Å². The zero-order chi connectivity index (χ0) is 17.1. The highest BCUT2D eigenvalue weighted by Gasteiger charge is 2.35. The molecule has 23 heavy (non-hydrogen) atoms. The Hall–Kier alpha value is -1.32. The Morgan fingerprint density at radius 1 is 0.957 bits per heavy atom. The molecule has 0 saturated heterocycles. The van der Waals surface area contributed by atoms with Gasteiger partial charge in [-0.15, -0.1) is 0 Å². The van der Waals surface area contributed by atoms with Crippen LogP contribution < -0.4 is 0 Å². The molecule has 4 heteroatoms. The number of carbonyl (C=O) groups is 2. The number of hydrogen-bond donors (Lipinski definition) is 1. The summed E-state index contributed by atoms with van der Waals surface area (Å²) < 4.78 is 5.15. The third-order valence-electron chi connectivity index (χ3n) is 4.58. The van der Waals surface area contributed by atoms with Crippen molar-refractivity contribution in [2.75, 3.05) is 0 Å². The Kier molecular flexibility index (Phi) is 9.65. The molecule has 132 valence electrons. The predicted octanol–water partition coefficient (Wildman–Crippen LogP) is 5.01. The molecule has 1 heterocycles. The van der Waals surface area contributed by atoms with Crippen LogP contribution in [0.3, 0.4) is 0 Å². The third-order valence-corrected chi connectivity index (χ3v) is 4.58. The van der Waals surface area contributed by atoms with Crippen LogP contribution in [0, 0.1) is 0 Å². The lowest BCUT2D eigenvalue weighted by Gasteiger charge is -2.11. The van der Waals surface area contributed by atoms with Crippen molar-refractivity contribution in [3.63, 3.8) is 0 Å². The Labute approximate surface area is 140 Å². The molecule has 0 radical (unpaired) electrons. The second-order valence-corrected chi connectivity index (χ2v) is 6.56. The first kappa shape index (κ1) is 19.7. The van der Waals surface area contributed by atoms with Crippen LogP contribution in [0.2, 0.25) is 0 Å². The molecular weight excluding hydrogens is 292 g/mol. The van der Waals surface area contributed by atoms with Gasteiger partial charge in [0.15, 0.2) is 0 Å². The highest BCUT2D eigenvalue weighted by Crippen LogP contribution is 2.26. The van der Waals surface area contributed by atoms with Gasteiger partial charge in [-0.2, -0.15) is 0 Å². The normalized spacial score (nSPS) is 17.7. The van der Waals surface area contributed by atoms with E-state index in [9.17, 15) is 9.59 Å². The molecule has 0 aliphatic carbocycles. The molecule has 0 aromatic rings. The summed E-state index contributed by atoms with van der Waals surface area (Å²) in [5, 5.41) is 9.16. The smallest absolute Gasteiger partial charge is 0.335 e. The van der Waals surface area contributed by atoms with Crippen LogP contribution in [0.25, 0.3) is 0 Å². The van der Waals surface area contributed by atoms with Gasteiger partial charge in [0.1, 0.15) is 6.10 Å². The summed E-state index contributed by atoms with van der Waals surface area (Å²) in [6, 6.07) is 0. The number of carboxylic acid groups (broad SMARTS) is 1. The fourth-order valence-corrected chi connectivity index (χ4v) is 3.12. The van der Waals surface area contributed by atoms with Crippen molar-refractivity contribution in [2.45, 2.75) is 97.0 Å². The molecule has 0 aromatic carbocycles. The maximum atomic E-state index is 11.5. The van der Waals surface area contributed by atoms with Crippen molar-refractivity contribution < 1.29 is 19.4 Å². The summed E-state index contributed by atoms with van der Waals surface area (Å²) in [6.07, 6.45) is 13.9. The van der Waals surface area contributed by atoms with Crippen molar-refractivity contribution in [1.29, 1.82) is 0 Å². The Morgan fingerprint density at radius 2 is 1.43 bits per heavy atom. The molecule has 0 bridgehead atoms. The van der Waals surface area contributed by atoms with Gasteiger partial charge in [0.05, 0.1) is 5.57 Å². The van der Waals surface area contributed by atoms with Crippen molar-refractivity contribution in [2.24, 2.45) is 0 Å². The molecular formula is C19H32O4. The van der Waals surface area contributed by atoms with Gasteiger partial charge in [0, 0.05) is 5.57 Å². The summed E-state index contributed by atoms with van der Waals surface area (Å²) in [7, 11) is 0. The van der Waals surface area contributed by atoms with E-state index in [4.69, 9.17) is 9.84 Å². The van der Waals surface area contributed by atoms with Crippen LogP contribution in [0.15, 0.2) is 11.1 Å². The van der Waals surface area contributed by atoms with E-state index in [2.05, 4.69) is 6.92 Å². The summed E-state index contributed by atoms with van der Waals surface area (Å²) in [5.41, 5.74) is 0.410. The van der Waals surface area contributed by atoms with Gasteiger partial charge in [0.25, 0.3) is 0 Å². The minimum atomic E-state index is -1.03. The molecule has 0 unspecified atom stereocenters. The second-order valence-electron chi connectivity index (χ2n) is 6.56. The van der Waals surface area contributed by atoms with Gasteiger partial charge in [-0.1, -0.05) is 71.1 Å². The lowest BCUT2D eigenvalue weighted by molar-refractivity contribution is -0.140. The van der Waals surface area contributed by atoms with E-state index in [1.54, 1.807) is 0 Å². The van der Waals surface area contributed by atoms with Gasteiger partial charge >= 0.3 is 11.9 Å². The van der Waals surface area contributed by atoms with Gasteiger partial charge in [-0.25, -0.2) is 9.59 Å². The molecule has 1 aliphatic heterocycles. The average Bonchev–Trinajstić information content (AvgIpc) is 2.79. The minimum Gasteiger partial charge on any atom is -0.478 e. The van der Waals surface area contributed by atoms with E-state index in [0.29, 0.717) is 6.42 Å². The number of carbonyl (C=O) groups excluding carboxylic acids is 1. The van der Waals surface area contributed by atoms with E-state index < -0.39 is 18.0 Å². The summed E-state index contributed by atoms with van der Waals surface area (Å²) in [4.78, 5) is 22.6. The monoisotopic (exact) mass is 324 g/mol. The Balaban J connectivity index is 2.03. The largest absolute Gasteiger partial charge is 0.478 e. The first-order valence-electron chi connectivity index (χ1n) is 9.23. The van der Waals surface area contributed by atoms with Crippen molar-refractivity contribution >= 4 is 11.9 Å². The Bertz CT molecular complexity index is 412. The number of cyclic esters (lactones) is 1. The number of unbranched alkanes of at least 4 members (excludes halogenated alkanes) is 10. The molecule has 0 saturated carbocycles. The fraction of sp³-hybridized carbons (Fsp3) is 0.789. The van der Waals surface area contributed by atoms with Gasteiger partial charge in [-0.3, -0.25) is 0 Å². The maximum Gasteiger partial charge on any atom is 0.335 e. The molecule has 1 atom stereocenters. The lowest BCUT2D eigenvalue weighted by atomic mass is 10.00. The van der Waals surface area contributed by atoms with Gasteiger partial charge < -0.3 is 9.84 Å². The quantitative estimate of drug-likeness (QED) is 0.382. The molecule has 0 fully saturated rings. The molecule has 1 aliphatic rings. The van der Waals surface area contributed by atoms with Crippen LogP contribution in [-0.2, 0) is 14.3 Å². The standard InChI is InChI=1S/C19H32O4/c1-3-4-5-6-7-8-9-10-11-12-13-14-16-17(18(20)21)15(2)19(22)23-16/h16H,3-14H2,1-2H3,(H,20,21)/t16-/m1/s1. The zero-order valence-corrected chi connectivity index (χ0v) is 14.7. The highest BCUT2D eigenvalue weighted by atomic mass is 16.5. The van der Waals surface area contributed by atoms with Crippen molar-refractivity contribution in [1.82, 2.24) is 0 Å². The average molecular weight is 324 g/mol. The fourth-order valence-electron chi connectivity index (χ4n) is 3.12. The number of rotatable bonds is 13. The SMILES string of the molecule is CCCCCCCCCCCCC[C@H]1OC(=O)C(C)=C1C(=O)O. The van der Waals surface area contributed by atoms with E-state index in [1.165, 1.54) is 64.7 Å². The number of aliphatic carboxylic acids is 1. The van der Waals surface area contributed by atoms with Crippen LogP contribution in [-0.4, -0.2) is 23.1 Å². The summed E-state index contributed by atoms with van der Waals surface area (Å²) >= 11 is 0. The summed E-state index contributed by atoms with van der Waals surface area (Å²) in [5.74, 6) is -1.50. The summed E-state index contributed by atoms with van der Waals surface area (Å²) in [6.45, 7) is 3.77. The highest BCUT2D eigenvalue weighted by molar-refractivity contribution is 6.03. The van der Waals surface area contributed by atoms with Crippen molar-refractivity contribution in [3.05, 3.63) is 11.1 Å². The minimum absolute atomic E-state index is 0.155. The molecule has 1 rings (SSSR count). The number of hydrogen-bond acceptors (Lipinski definition) is 3. The van der Waals surface area contributed by atoms with E-state index in [1.807, 2.05) is 0 Å². The first-order valence-corrected chi connectivity index (χ1v) is 9.23. The zero-order valence-electron chi connectivity index (χ0n) is 14.7. The van der Waals surface area contributed by atoms with E-state index in [-0.39, 0.29) is 11.1 Å². The molecule has 0 aromatic heterocycles. The number of carboxylic acids is 1. The van der Waals surface area contributed by atoms with Gasteiger partial charge in [-0.05, 0) is 19.8 Å². The van der Waals surface area contributed by atoms with Crippen LogP contribution in [0.5, 0.6) is 0 Å². The lowest BCUT2D eigenvalue weighted by Crippen LogP contribution is -2.17. The topological polar surface area (TPSA) is 63.6 Å². The van der Waals surface area contributed by atoms with Crippen molar-refractivity contribution in [3.8, 4) is 0 Å². The van der Waals surface area contributed by atoms with E-state index >= 15 is 0 Å². The van der Waals surface area contributed by atoms with E-state index in [0.717, 1.165) is 12.8 Å². The van der Waals surface area contributed by atoms with Crippen LogP contribution in [0.4, 0.5) is 0 Å². The maximum absolute atomic E-state index is 11.5. The predicted molar refractivity (Wildman–Crippen MR) is 91.3 cm³/mol. The molecule has 0 spiro atoms.